The van der Waals surface area contributed by atoms with Gasteiger partial charge in [0.15, 0.2) is 0 Å². The van der Waals surface area contributed by atoms with Gasteiger partial charge in [0.05, 0.1) is 170 Å². The van der Waals surface area contributed by atoms with Crippen molar-refractivity contribution in [2.45, 2.75) is 31.9 Å². The van der Waals surface area contributed by atoms with Gasteiger partial charge >= 0.3 is 5.97 Å². The molecule has 0 bridgehead atoms. The third-order valence-corrected chi connectivity index (χ3v) is 7.66. The second kappa shape index (κ2) is 41.6. The first-order valence-electron chi connectivity index (χ1n) is 18.4. The van der Waals surface area contributed by atoms with E-state index in [0.29, 0.717) is 172 Å². The first-order valence-corrected chi connectivity index (χ1v) is 19.6. The highest BCUT2D eigenvalue weighted by atomic mass is 32.2. The summed E-state index contributed by atoms with van der Waals surface area (Å²) in [6.45, 7) is 15.1. The number of thioether (sulfide) groups is 1. The minimum atomic E-state index is -1.00. The van der Waals surface area contributed by atoms with Crippen LogP contribution in [-0.2, 0) is 71.2 Å². The van der Waals surface area contributed by atoms with E-state index in [4.69, 9.17) is 61.9 Å². The third kappa shape index (κ3) is 40.0. The molecule has 1 atom stereocenters. The standard InChI is InChI=1S/C35H67NO16S/c1-31(2)32(37)4-6-41-8-10-43-12-14-45-16-18-47-20-22-49-24-26-51-28-29-52-27-25-50-23-21-48-19-17-46-15-13-44-11-9-42-7-5-36-35(40)33(53-3)30-34(38)39/h31,33H,4-30H2,1-3H3,(H,36,40)(H,38,39). The second-order valence-electron chi connectivity index (χ2n) is 11.3. The lowest BCUT2D eigenvalue weighted by molar-refractivity contribution is -0.138. The highest BCUT2D eigenvalue weighted by Gasteiger charge is 2.19. The molecule has 0 aliphatic rings. The molecule has 0 rings (SSSR count). The molecule has 0 heterocycles. The number of carbonyl (C=O) groups excluding carboxylic acids is 2. The zero-order chi connectivity index (χ0) is 38.9. The lowest BCUT2D eigenvalue weighted by Gasteiger charge is -2.12. The van der Waals surface area contributed by atoms with Gasteiger partial charge in [-0.05, 0) is 6.26 Å². The molecule has 1 amide bonds. The lowest BCUT2D eigenvalue weighted by Crippen LogP contribution is -2.36. The van der Waals surface area contributed by atoms with Crippen LogP contribution in [0.25, 0.3) is 0 Å². The lowest BCUT2D eigenvalue weighted by atomic mass is 10.1. The minimum absolute atomic E-state index is 0.0517. The van der Waals surface area contributed by atoms with Crippen LogP contribution >= 0.6 is 11.8 Å². The Morgan fingerprint density at radius 3 is 0.981 bits per heavy atom. The monoisotopic (exact) mass is 789 g/mol. The molecule has 53 heavy (non-hydrogen) atoms. The minimum Gasteiger partial charge on any atom is -0.481 e. The van der Waals surface area contributed by atoms with Crippen LogP contribution < -0.4 is 5.32 Å². The number of hydrogen-bond donors (Lipinski definition) is 2. The molecule has 0 aromatic heterocycles. The van der Waals surface area contributed by atoms with Gasteiger partial charge in [0.2, 0.25) is 5.91 Å². The summed E-state index contributed by atoms with van der Waals surface area (Å²) in [7, 11) is 0. The van der Waals surface area contributed by atoms with Crippen LogP contribution in [0.1, 0.15) is 26.7 Å². The van der Waals surface area contributed by atoms with E-state index >= 15 is 0 Å². The highest BCUT2D eigenvalue weighted by molar-refractivity contribution is 7.99. The van der Waals surface area contributed by atoms with E-state index in [1.54, 1.807) is 6.26 Å². The molecule has 0 radical (unpaired) electrons. The summed E-state index contributed by atoms with van der Waals surface area (Å²) in [4.78, 5) is 34.1. The normalized spacial score (nSPS) is 12.1. The van der Waals surface area contributed by atoms with Crippen molar-refractivity contribution >= 4 is 29.4 Å². The molecule has 17 nitrogen and oxygen atoms in total. The average Bonchev–Trinajstić information content (AvgIpc) is 3.14. The molecule has 1 unspecified atom stereocenters. The summed E-state index contributed by atoms with van der Waals surface area (Å²) in [6, 6.07) is 0. The Hall–Kier alpha value is -1.52. The van der Waals surface area contributed by atoms with Gasteiger partial charge in [0.25, 0.3) is 0 Å². The second-order valence-corrected chi connectivity index (χ2v) is 12.4. The molecule has 0 fully saturated rings. The number of hydrogen-bond acceptors (Lipinski definition) is 16. The highest BCUT2D eigenvalue weighted by Crippen LogP contribution is 2.10. The van der Waals surface area contributed by atoms with Crippen molar-refractivity contribution in [3.63, 3.8) is 0 Å². The Labute approximate surface area is 319 Å². The van der Waals surface area contributed by atoms with E-state index in [1.165, 1.54) is 11.8 Å². The third-order valence-electron chi connectivity index (χ3n) is 6.71. The Morgan fingerprint density at radius 1 is 0.472 bits per heavy atom. The number of carboxylic acid groups (broad SMARTS) is 1. The molecule has 0 aromatic carbocycles. The molecule has 0 aliphatic heterocycles. The number of Topliss-reactive ketones (excluding diaryl/α,β-unsaturated/α-hetero) is 1. The molecule has 0 aromatic rings. The predicted molar refractivity (Wildman–Crippen MR) is 197 cm³/mol. The molecule has 0 saturated carbocycles. The van der Waals surface area contributed by atoms with Gasteiger partial charge < -0.3 is 67.3 Å². The van der Waals surface area contributed by atoms with Crippen molar-refractivity contribution < 1.29 is 76.3 Å². The van der Waals surface area contributed by atoms with E-state index in [1.807, 2.05) is 13.8 Å². The molecule has 2 N–H and O–H groups in total. The number of ether oxygens (including phenoxy) is 12. The Bertz CT molecular complexity index is 829. The smallest absolute Gasteiger partial charge is 0.305 e. The van der Waals surface area contributed by atoms with Crippen LogP contribution in [0.4, 0.5) is 0 Å². The maximum Gasteiger partial charge on any atom is 0.305 e. The van der Waals surface area contributed by atoms with Crippen molar-refractivity contribution in [3.8, 4) is 0 Å². The van der Waals surface area contributed by atoms with Gasteiger partial charge in [0.1, 0.15) is 5.78 Å². The number of aliphatic carboxylic acids is 1. The van der Waals surface area contributed by atoms with Gasteiger partial charge in [-0.3, -0.25) is 14.4 Å². The maximum atomic E-state index is 11.9. The number of carboxylic acids is 1. The van der Waals surface area contributed by atoms with E-state index in [2.05, 4.69) is 5.32 Å². The fraction of sp³-hybridized carbons (Fsp3) is 0.914. The molecule has 0 aliphatic carbocycles. The van der Waals surface area contributed by atoms with Gasteiger partial charge in [-0.15, -0.1) is 0 Å². The van der Waals surface area contributed by atoms with E-state index < -0.39 is 11.2 Å². The fourth-order valence-corrected chi connectivity index (χ4v) is 4.39. The van der Waals surface area contributed by atoms with Gasteiger partial charge in [-0.25, -0.2) is 0 Å². The van der Waals surface area contributed by atoms with E-state index in [9.17, 15) is 14.4 Å². The summed E-state index contributed by atoms with van der Waals surface area (Å²) >= 11 is 1.21. The Morgan fingerprint density at radius 2 is 0.736 bits per heavy atom. The van der Waals surface area contributed by atoms with Crippen molar-refractivity contribution in [1.82, 2.24) is 5.32 Å². The van der Waals surface area contributed by atoms with Crippen LogP contribution in [0, 0.1) is 5.92 Å². The number of rotatable bonds is 44. The molecular formula is C35H67NO16S. The van der Waals surface area contributed by atoms with Crippen LogP contribution in [0.2, 0.25) is 0 Å². The molecule has 0 spiro atoms. The van der Waals surface area contributed by atoms with Crippen LogP contribution in [0.3, 0.4) is 0 Å². The van der Waals surface area contributed by atoms with E-state index in [-0.39, 0.29) is 24.0 Å². The van der Waals surface area contributed by atoms with Gasteiger partial charge in [-0.1, -0.05) is 13.8 Å². The zero-order valence-corrected chi connectivity index (χ0v) is 33.0. The Balaban J connectivity index is 3.15. The van der Waals surface area contributed by atoms with Crippen molar-refractivity contribution in [1.29, 1.82) is 0 Å². The first-order chi connectivity index (χ1) is 25.9. The predicted octanol–water partition coefficient (Wildman–Crippen LogP) is 1.12. The van der Waals surface area contributed by atoms with E-state index in [0.717, 1.165) is 0 Å². The first kappa shape index (κ1) is 51.5. The molecular weight excluding hydrogens is 722 g/mol. The number of carbonyl (C=O) groups is 3. The largest absolute Gasteiger partial charge is 0.481 e. The number of nitrogens with one attached hydrogen (secondary N) is 1. The molecule has 0 saturated heterocycles. The Kier molecular flexibility index (Phi) is 40.4. The molecule has 314 valence electrons. The topological polar surface area (TPSA) is 194 Å². The summed E-state index contributed by atoms with van der Waals surface area (Å²) in [5.41, 5.74) is 0. The van der Waals surface area contributed by atoms with Crippen LogP contribution in [-0.4, -0.2) is 199 Å². The zero-order valence-electron chi connectivity index (χ0n) is 32.2. The summed E-state index contributed by atoms with van der Waals surface area (Å²) in [5.74, 6) is -1.04. The summed E-state index contributed by atoms with van der Waals surface area (Å²) in [6.07, 6.45) is 1.94. The summed E-state index contributed by atoms with van der Waals surface area (Å²) in [5, 5.41) is 10.9. The van der Waals surface area contributed by atoms with Crippen LogP contribution in [0.15, 0.2) is 0 Å². The average molecular weight is 790 g/mol. The summed E-state index contributed by atoms with van der Waals surface area (Å²) < 4.78 is 65.3. The van der Waals surface area contributed by atoms with Gasteiger partial charge in [-0.2, -0.15) is 11.8 Å². The molecule has 18 heteroatoms. The number of amides is 1. The van der Waals surface area contributed by atoms with Crippen LogP contribution in [0.5, 0.6) is 0 Å². The van der Waals surface area contributed by atoms with Crippen molar-refractivity contribution in [2.75, 3.05) is 171 Å². The van der Waals surface area contributed by atoms with Gasteiger partial charge in [0, 0.05) is 18.9 Å². The SMILES string of the molecule is CSC(CC(=O)O)C(=O)NCCOCCOCCOCCOCCOCCOCCOCCOCCOCCOCCOCCOCCC(=O)C(C)C. The van der Waals surface area contributed by atoms with Crippen molar-refractivity contribution in [2.24, 2.45) is 5.92 Å². The number of ketones is 1. The quantitative estimate of drug-likeness (QED) is 0.0834. The maximum absolute atomic E-state index is 11.9. The van der Waals surface area contributed by atoms with Crippen molar-refractivity contribution in [3.05, 3.63) is 0 Å². The fourth-order valence-electron chi connectivity index (χ4n) is 3.78.